The third kappa shape index (κ3) is 3.35. The van der Waals surface area contributed by atoms with Crippen molar-refractivity contribution in [3.05, 3.63) is 45.9 Å². The molecule has 4 amide bonds. The lowest BCUT2D eigenvalue weighted by atomic mass is 9.94. The average molecular weight is 460 g/mol. The van der Waals surface area contributed by atoms with Crippen LogP contribution in [-0.2, 0) is 4.79 Å². The summed E-state index contributed by atoms with van der Waals surface area (Å²) in [6, 6.07) is 8.77. The van der Waals surface area contributed by atoms with Crippen molar-refractivity contribution < 1.29 is 24.3 Å². The van der Waals surface area contributed by atoms with E-state index < -0.39 is 17.9 Å². The number of carboxylic acid groups (broad SMARTS) is 1. The highest BCUT2D eigenvalue weighted by atomic mass is 79.9. The van der Waals surface area contributed by atoms with Crippen molar-refractivity contribution in [2.75, 3.05) is 32.7 Å². The largest absolute Gasteiger partial charge is 0.465 e. The number of hydrogen-bond acceptors (Lipinski definition) is 4. The van der Waals surface area contributed by atoms with Gasteiger partial charge in [-0.15, -0.1) is 0 Å². The van der Waals surface area contributed by atoms with E-state index in [2.05, 4.69) is 15.9 Å². The van der Waals surface area contributed by atoms with E-state index in [1.807, 2.05) is 6.07 Å². The van der Waals surface area contributed by atoms with Crippen LogP contribution >= 0.6 is 15.9 Å². The summed E-state index contributed by atoms with van der Waals surface area (Å²) in [5, 5.41) is 10.4. The number of carbonyl (C=O) groups is 4. The van der Waals surface area contributed by atoms with Gasteiger partial charge in [-0.05, 0) is 23.6 Å². The summed E-state index contributed by atoms with van der Waals surface area (Å²) < 4.78 is 0.808. The predicted molar refractivity (Wildman–Crippen MR) is 108 cm³/mol. The summed E-state index contributed by atoms with van der Waals surface area (Å²) in [4.78, 5) is 53.3. The van der Waals surface area contributed by atoms with Crippen molar-refractivity contribution in [3.8, 4) is 0 Å². The number of imide groups is 1. The van der Waals surface area contributed by atoms with E-state index in [0.29, 0.717) is 29.6 Å². The van der Waals surface area contributed by atoms with Crippen LogP contribution in [0.5, 0.6) is 0 Å². The first-order valence-corrected chi connectivity index (χ1v) is 10.0. The third-order valence-electron chi connectivity index (χ3n) is 5.39. The molecular formula is C20H18BrN3O5. The number of carbonyl (C=O) groups excluding carboxylic acids is 3. The standard InChI is InChI=1S/C20H18BrN3O5/c21-15-5-4-14-17-12(15)2-1-3-13(17)18(26)24(19(14)27)7-6-16(25)22-8-10-23(11-9-22)20(28)29/h1-5H,6-11H2,(H,28,29). The quantitative estimate of drug-likeness (QED) is 0.710. The molecule has 2 heterocycles. The zero-order chi connectivity index (χ0) is 20.7. The molecule has 29 heavy (non-hydrogen) atoms. The van der Waals surface area contributed by atoms with E-state index in [9.17, 15) is 19.2 Å². The van der Waals surface area contributed by atoms with E-state index >= 15 is 0 Å². The molecule has 8 nitrogen and oxygen atoms in total. The Morgan fingerprint density at radius 3 is 2.21 bits per heavy atom. The minimum absolute atomic E-state index is 0.00634. The molecule has 2 aromatic carbocycles. The molecule has 9 heteroatoms. The Kier molecular flexibility index (Phi) is 4.99. The minimum atomic E-state index is -0.999. The Bertz CT molecular complexity index is 1020. The molecule has 0 bridgehead atoms. The maximum absolute atomic E-state index is 12.9. The molecular weight excluding hydrogens is 442 g/mol. The van der Waals surface area contributed by atoms with Gasteiger partial charge >= 0.3 is 6.09 Å². The second-order valence-electron chi connectivity index (χ2n) is 6.99. The molecule has 0 unspecified atom stereocenters. The summed E-state index contributed by atoms with van der Waals surface area (Å²) in [6.07, 6.45) is -0.993. The number of benzene rings is 2. The van der Waals surface area contributed by atoms with Crippen molar-refractivity contribution in [2.24, 2.45) is 0 Å². The molecule has 2 aliphatic rings. The molecule has 1 N–H and O–H groups in total. The zero-order valence-electron chi connectivity index (χ0n) is 15.4. The van der Waals surface area contributed by atoms with Gasteiger partial charge in [-0.2, -0.15) is 0 Å². The molecule has 1 saturated heterocycles. The maximum Gasteiger partial charge on any atom is 0.407 e. The maximum atomic E-state index is 12.9. The van der Waals surface area contributed by atoms with Gasteiger partial charge in [-0.3, -0.25) is 19.3 Å². The molecule has 1 fully saturated rings. The molecule has 0 atom stereocenters. The Hall–Kier alpha value is -2.94. The summed E-state index contributed by atoms with van der Waals surface area (Å²) >= 11 is 3.45. The average Bonchev–Trinajstić information content (AvgIpc) is 2.72. The molecule has 0 radical (unpaired) electrons. The highest BCUT2D eigenvalue weighted by molar-refractivity contribution is 9.10. The molecule has 0 spiro atoms. The number of hydrogen-bond donors (Lipinski definition) is 1. The molecule has 0 aromatic heterocycles. The lowest BCUT2D eigenvalue weighted by molar-refractivity contribution is -0.132. The topological polar surface area (TPSA) is 98.2 Å². The van der Waals surface area contributed by atoms with Gasteiger partial charge in [0.2, 0.25) is 5.91 Å². The van der Waals surface area contributed by atoms with Crippen LogP contribution in [0.3, 0.4) is 0 Å². The summed E-state index contributed by atoms with van der Waals surface area (Å²) in [5.41, 5.74) is 0.891. The van der Waals surface area contributed by atoms with Gasteiger partial charge in [0.1, 0.15) is 0 Å². The monoisotopic (exact) mass is 459 g/mol. The predicted octanol–water partition coefficient (Wildman–Crippen LogP) is 2.41. The van der Waals surface area contributed by atoms with Gasteiger partial charge in [0.25, 0.3) is 11.8 Å². The van der Waals surface area contributed by atoms with Gasteiger partial charge in [-0.1, -0.05) is 28.1 Å². The van der Waals surface area contributed by atoms with Crippen LogP contribution in [0.25, 0.3) is 10.8 Å². The van der Waals surface area contributed by atoms with Crippen molar-refractivity contribution in [3.63, 3.8) is 0 Å². The van der Waals surface area contributed by atoms with E-state index in [1.165, 1.54) is 4.90 Å². The van der Waals surface area contributed by atoms with Crippen LogP contribution in [0.4, 0.5) is 4.79 Å². The summed E-state index contributed by atoms with van der Waals surface area (Å²) in [7, 11) is 0. The number of rotatable bonds is 3. The lowest BCUT2D eigenvalue weighted by Gasteiger charge is -2.34. The Morgan fingerprint density at radius 2 is 1.55 bits per heavy atom. The first kappa shape index (κ1) is 19.4. The fourth-order valence-corrected chi connectivity index (χ4v) is 4.29. The van der Waals surface area contributed by atoms with Gasteiger partial charge in [0.15, 0.2) is 0 Å². The van der Waals surface area contributed by atoms with Gasteiger partial charge < -0.3 is 14.9 Å². The smallest absolute Gasteiger partial charge is 0.407 e. The minimum Gasteiger partial charge on any atom is -0.465 e. The SMILES string of the molecule is O=C(O)N1CCN(C(=O)CCN2C(=O)c3cccc4c(Br)ccc(c34)C2=O)CC1. The van der Waals surface area contributed by atoms with Gasteiger partial charge in [0, 0.05) is 60.1 Å². The Balaban J connectivity index is 1.49. The third-order valence-corrected chi connectivity index (χ3v) is 6.08. The second-order valence-corrected chi connectivity index (χ2v) is 7.84. The second kappa shape index (κ2) is 7.47. The molecule has 2 aliphatic heterocycles. The highest BCUT2D eigenvalue weighted by Crippen LogP contribution is 2.34. The van der Waals surface area contributed by atoms with Crippen LogP contribution in [0.15, 0.2) is 34.8 Å². The van der Waals surface area contributed by atoms with Crippen LogP contribution < -0.4 is 0 Å². The number of amides is 4. The molecule has 4 rings (SSSR count). The van der Waals surface area contributed by atoms with E-state index in [1.54, 1.807) is 29.2 Å². The molecule has 0 aliphatic carbocycles. The fraction of sp³-hybridized carbons (Fsp3) is 0.300. The van der Waals surface area contributed by atoms with Crippen molar-refractivity contribution >= 4 is 50.5 Å². The number of piperazine rings is 1. The molecule has 0 saturated carbocycles. The Morgan fingerprint density at radius 1 is 0.931 bits per heavy atom. The van der Waals surface area contributed by atoms with E-state index in [4.69, 9.17) is 5.11 Å². The van der Waals surface area contributed by atoms with E-state index in [-0.39, 0.29) is 32.0 Å². The first-order chi connectivity index (χ1) is 13.9. The summed E-state index contributed by atoms with van der Waals surface area (Å²) in [6.45, 7) is 1.12. The lowest BCUT2D eigenvalue weighted by Crippen LogP contribution is -2.51. The highest BCUT2D eigenvalue weighted by Gasteiger charge is 2.34. The fourth-order valence-electron chi connectivity index (χ4n) is 3.83. The van der Waals surface area contributed by atoms with Crippen molar-refractivity contribution in [2.45, 2.75) is 6.42 Å². The normalized spacial score (nSPS) is 16.5. The van der Waals surface area contributed by atoms with Gasteiger partial charge in [0.05, 0.1) is 0 Å². The number of halogens is 1. The number of nitrogens with zero attached hydrogens (tertiary/aromatic N) is 3. The first-order valence-electron chi connectivity index (χ1n) is 9.21. The molecule has 150 valence electrons. The van der Waals surface area contributed by atoms with Crippen LogP contribution in [0.2, 0.25) is 0 Å². The van der Waals surface area contributed by atoms with Crippen molar-refractivity contribution in [1.82, 2.24) is 14.7 Å². The van der Waals surface area contributed by atoms with Crippen LogP contribution in [0.1, 0.15) is 27.1 Å². The van der Waals surface area contributed by atoms with Crippen LogP contribution in [-0.4, -0.2) is 76.3 Å². The molecule has 2 aromatic rings. The summed E-state index contributed by atoms with van der Waals surface area (Å²) in [5.74, 6) is -1.01. The van der Waals surface area contributed by atoms with E-state index in [0.717, 1.165) is 14.8 Å². The van der Waals surface area contributed by atoms with Crippen LogP contribution in [0, 0.1) is 0 Å². The van der Waals surface area contributed by atoms with Crippen molar-refractivity contribution in [1.29, 1.82) is 0 Å². The zero-order valence-corrected chi connectivity index (χ0v) is 17.0. The van der Waals surface area contributed by atoms with Gasteiger partial charge in [-0.25, -0.2) is 4.79 Å². The Labute approximate surface area is 174 Å².